The van der Waals surface area contributed by atoms with Crippen molar-refractivity contribution in [2.75, 3.05) is 5.32 Å². The Labute approximate surface area is 147 Å². The molecule has 0 atom stereocenters. The van der Waals surface area contributed by atoms with Crippen molar-refractivity contribution in [1.29, 1.82) is 5.26 Å². The Balaban J connectivity index is 3.31. The van der Waals surface area contributed by atoms with Crippen molar-refractivity contribution in [2.45, 2.75) is 47.5 Å². The Morgan fingerprint density at radius 1 is 1.33 bits per heavy atom. The third kappa shape index (κ3) is 6.30. The number of azide groups is 1. The Morgan fingerprint density at radius 2 is 2.00 bits per heavy atom. The molecule has 0 aliphatic carbocycles. The average molecular weight is 434 g/mol. The molecule has 2 N–H and O–H groups in total. The van der Waals surface area contributed by atoms with E-state index in [1.165, 1.54) is 3.58 Å². The summed E-state index contributed by atoms with van der Waals surface area (Å²) >= 11 is -2.36. The molecule has 8 heteroatoms. The SMILES string of the molecule is CCC(C)(C)N=C(NC#N)Nc1cc(N=[N+]=[N-])c[c]([Sn]([CH3])([CH3])[CH3])c1. The standard InChI is InChI=1S/C13H16N7.3CH3.Sn/c1-4-13(2,3)18-12(16-9-14)17-10-6-5-7-11(8-10)19-20-15;;;;/h6-8H,4H2,1-3H3,(H2,16,17,18);3*1H3;. The van der Waals surface area contributed by atoms with Gasteiger partial charge in [-0.3, -0.25) is 0 Å². The van der Waals surface area contributed by atoms with E-state index in [0.29, 0.717) is 11.6 Å². The first kappa shape index (κ1) is 20.1. The van der Waals surface area contributed by atoms with Crippen molar-refractivity contribution < 1.29 is 0 Å². The third-order valence-corrected chi connectivity index (χ3v) is 9.43. The van der Waals surface area contributed by atoms with E-state index in [1.807, 2.05) is 33.0 Å². The minimum absolute atomic E-state index is 0.291. The molecule has 128 valence electrons. The van der Waals surface area contributed by atoms with Gasteiger partial charge in [-0.1, -0.05) is 0 Å². The van der Waals surface area contributed by atoms with Gasteiger partial charge in [0.2, 0.25) is 0 Å². The van der Waals surface area contributed by atoms with Crippen molar-refractivity contribution in [3.05, 3.63) is 28.6 Å². The number of benzene rings is 1. The quantitative estimate of drug-likeness (QED) is 0.106. The fraction of sp³-hybridized carbons (Fsp3) is 0.500. The second kappa shape index (κ2) is 8.27. The van der Waals surface area contributed by atoms with E-state index in [4.69, 9.17) is 10.8 Å². The number of hydrogen-bond donors (Lipinski definition) is 2. The summed E-state index contributed by atoms with van der Waals surface area (Å²) < 4.78 is 1.22. The molecule has 0 spiro atoms. The van der Waals surface area contributed by atoms with E-state index < -0.39 is 18.4 Å². The van der Waals surface area contributed by atoms with Crippen molar-refractivity contribution in [3.63, 3.8) is 0 Å². The first-order chi connectivity index (χ1) is 11.1. The molecule has 0 saturated heterocycles. The zero-order valence-corrected chi connectivity index (χ0v) is 18.0. The monoisotopic (exact) mass is 435 g/mol. The van der Waals surface area contributed by atoms with Crippen molar-refractivity contribution >= 4 is 39.3 Å². The topological polar surface area (TPSA) is 109 Å². The number of hydrogen-bond acceptors (Lipinski definition) is 3. The van der Waals surface area contributed by atoms with Crippen LogP contribution in [0, 0.1) is 11.5 Å². The predicted molar refractivity (Wildman–Crippen MR) is 102 cm³/mol. The molecule has 0 unspecified atom stereocenters. The Hall–Kier alpha value is -1.91. The molecule has 1 rings (SSSR count). The zero-order chi connectivity index (χ0) is 18.4. The van der Waals surface area contributed by atoms with E-state index in [9.17, 15) is 0 Å². The molecule has 0 amide bonds. The number of anilines is 1. The summed E-state index contributed by atoms with van der Waals surface area (Å²) in [7, 11) is 0. The van der Waals surface area contributed by atoms with Gasteiger partial charge in [0.25, 0.3) is 0 Å². The van der Waals surface area contributed by atoms with Crippen LogP contribution < -0.4 is 14.2 Å². The van der Waals surface area contributed by atoms with E-state index in [1.54, 1.807) is 6.07 Å². The van der Waals surface area contributed by atoms with E-state index in [0.717, 1.165) is 12.1 Å². The van der Waals surface area contributed by atoms with Gasteiger partial charge in [0, 0.05) is 0 Å². The van der Waals surface area contributed by atoms with Crippen LogP contribution in [-0.2, 0) is 0 Å². The Bertz CT molecular complexity index is 704. The Morgan fingerprint density at radius 3 is 2.50 bits per heavy atom. The van der Waals surface area contributed by atoms with Gasteiger partial charge in [-0.25, -0.2) is 0 Å². The molecule has 24 heavy (non-hydrogen) atoms. The molecule has 0 heterocycles. The van der Waals surface area contributed by atoms with Crippen LogP contribution in [0.4, 0.5) is 11.4 Å². The maximum atomic E-state index is 8.97. The molecular formula is C16H25N7Sn. The van der Waals surface area contributed by atoms with Crippen LogP contribution in [0.2, 0.25) is 14.8 Å². The molecule has 7 nitrogen and oxygen atoms in total. The summed E-state index contributed by atoms with van der Waals surface area (Å²) in [5.41, 5.74) is 9.76. The van der Waals surface area contributed by atoms with Crippen LogP contribution in [0.3, 0.4) is 0 Å². The van der Waals surface area contributed by atoms with Crippen LogP contribution in [0.1, 0.15) is 27.2 Å². The first-order valence-electron chi connectivity index (χ1n) is 7.84. The van der Waals surface area contributed by atoms with Gasteiger partial charge in [0.05, 0.1) is 0 Å². The Kier molecular flexibility index (Phi) is 6.93. The second-order valence-corrected chi connectivity index (χ2v) is 21.7. The number of nitriles is 1. The minimum atomic E-state index is -2.36. The molecule has 0 fully saturated rings. The van der Waals surface area contributed by atoms with Gasteiger partial charge in [-0.05, 0) is 0 Å². The van der Waals surface area contributed by atoms with E-state index in [2.05, 4.69) is 46.5 Å². The zero-order valence-electron chi connectivity index (χ0n) is 15.2. The van der Waals surface area contributed by atoms with Gasteiger partial charge >= 0.3 is 148 Å². The summed E-state index contributed by atoms with van der Waals surface area (Å²) in [5.74, 6) is 0.387. The van der Waals surface area contributed by atoms with Crippen LogP contribution in [0.5, 0.6) is 0 Å². The van der Waals surface area contributed by atoms with Crippen LogP contribution in [-0.4, -0.2) is 29.9 Å². The van der Waals surface area contributed by atoms with Gasteiger partial charge in [-0.2, -0.15) is 0 Å². The van der Waals surface area contributed by atoms with Crippen molar-refractivity contribution in [1.82, 2.24) is 5.32 Å². The van der Waals surface area contributed by atoms with E-state index >= 15 is 0 Å². The summed E-state index contributed by atoms with van der Waals surface area (Å²) in [5, 5.41) is 18.4. The fourth-order valence-corrected chi connectivity index (χ4v) is 5.22. The van der Waals surface area contributed by atoms with Crippen LogP contribution in [0.25, 0.3) is 10.4 Å². The summed E-state index contributed by atoms with van der Waals surface area (Å²) in [4.78, 5) is 14.3. The van der Waals surface area contributed by atoms with Crippen LogP contribution >= 0.6 is 0 Å². The molecule has 0 saturated carbocycles. The number of guanidine groups is 1. The molecule has 0 aliphatic rings. The summed E-state index contributed by atoms with van der Waals surface area (Å²) in [6, 6.07) is 5.76. The predicted octanol–water partition coefficient (Wildman–Crippen LogP) is 4.20. The van der Waals surface area contributed by atoms with Gasteiger partial charge in [-0.15, -0.1) is 0 Å². The first-order valence-corrected chi connectivity index (χ1v) is 17.8. The molecular weight excluding hydrogens is 409 g/mol. The average Bonchev–Trinajstić information content (AvgIpc) is 2.46. The van der Waals surface area contributed by atoms with Crippen LogP contribution in [0.15, 0.2) is 28.3 Å². The summed E-state index contributed by atoms with van der Waals surface area (Å²) in [6.45, 7) is 6.05. The number of rotatable bonds is 5. The van der Waals surface area contributed by atoms with Gasteiger partial charge in [0.1, 0.15) is 0 Å². The normalized spacial score (nSPS) is 12.1. The van der Waals surface area contributed by atoms with Crippen molar-refractivity contribution in [3.8, 4) is 6.19 Å². The molecule has 0 radical (unpaired) electrons. The van der Waals surface area contributed by atoms with Crippen molar-refractivity contribution in [2.24, 2.45) is 10.1 Å². The van der Waals surface area contributed by atoms with E-state index in [-0.39, 0.29) is 5.54 Å². The molecule has 0 aliphatic heterocycles. The maximum absolute atomic E-state index is 8.97. The molecule has 1 aromatic rings. The molecule has 0 bridgehead atoms. The molecule has 1 aromatic carbocycles. The van der Waals surface area contributed by atoms with Gasteiger partial charge in [0.15, 0.2) is 0 Å². The summed E-state index contributed by atoms with van der Waals surface area (Å²) in [6.07, 6.45) is 2.75. The number of nitrogens with zero attached hydrogens (tertiary/aromatic N) is 5. The fourth-order valence-electron chi connectivity index (χ4n) is 1.88. The molecule has 0 aromatic heterocycles. The number of aliphatic imine (C=N–C) groups is 1. The van der Waals surface area contributed by atoms with Gasteiger partial charge < -0.3 is 0 Å². The second-order valence-electron chi connectivity index (χ2n) is 7.20. The third-order valence-electron chi connectivity index (χ3n) is 3.66. The number of nitrogens with one attached hydrogen (secondary N) is 2.